The lowest BCUT2D eigenvalue weighted by molar-refractivity contribution is 0.589. The van der Waals surface area contributed by atoms with Crippen LogP contribution in [-0.2, 0) is 11.8 Å². The van der Waals surface area contributed by atoms with E-state index in [4.69, 9.17) is 0 Å². The minimum Gasteiger partial charge on any atom is -0.216 e. The molecule has 0 fully saturated rings. The van der Waals surface area contributed by atoms with E-state index in [0.717, 1.165) is 17.8 Å². The number of aromatic nitrogens is 3. The molecule has 0 aliphatic heterocycles. The molecule has 0 aliphatic carbocycles. The molecule has 0 unspecified atom stereocenters. The van der Waals surface area contributed by atoms with Crippen LogP contribution in [-0.4, -0.2) is 15.0 Å². The lowest BCUT2D eigenvalue weighted by Gasteiger charge is -2.19. The second kappa shape index (κ2) is 5.69. The Labute approximate surface area is 126 Å². The van der Waals surface area contributed by atoms with Crippen LogP contribution in [0.25, 0.3) is 5.69 Å². The van der Waals surface area contributed by atoms with Crippen LogP contribution in [0.5, 0.6) is 0 Å². The molecule has 0 aliphatic rings. The normalized spacial score (nSPS) is 11.7. The number of hydrogen-bond donors (Lipinski definition) is 0. The number of benzene rings is 1. The van der Waals surface area contributed by atoms with Gasteiger partial charge in [0.15, 0.2) is 5.69 Å². The maximum atomic E-state index is 9.18. The van der Waals surface area contributed by atoms with Gasteiger partial charge in [-0.15, -0.1) is 5.10 Å². The summed E-state index contributed by atoms with van der Waals surface area (Å²) in [5, 5.41) is 17.3. The highest BCUT2D eigenvalue weighted by molar-refractivity contribution is 5.39. The highest BCUT2D eigenvalue weighted by atomic mass is 15.4. The Kier molecular flexibility index (Phi) is 4.13. The summed E-state index contributed by atoms with van der Waals surface area (Å²) >= 11 is 0. The standard InChI is InChI=1S/C17H22N4/c1-12(2)10-16-15(11-18)19-20-21(16)14-8-6-13(7-9-14)17(3,4)5/h6-9,12H,10H2,1-5H3. The number of nitrogens with zero attached hydrogens (tertiary/aromatic N) is 4. The Hall–Kier alpha value is -2.15. The molecule has 2 rings (SSSR count). The maximum absolute atomic E-state index is 9.18. The van der Waals surface area contributed by atoms with Crippen LogP contribution in [0.1, 0.15) is 51.6 Å². The Morgan fingerprint density at radius 1 is 1.19 bits per heavy atom. The van der Waals surface area contributed by atoms with Crippen molar-refractivity contribution in [3.63, 3.8) is 0 Å². The maximum Gasteiger partial charge on any atom is 0.186 e. The minimum absolute atomic E-state index is 0.124. The first-order valence-corrected chi connectivity index (χ1v) is 7.28. The lowest BCUT2D eigenvalue weighted by atomic mass is 9.87. The average molecular weight is 282 g/mol. The fraction of sp³-hybridized carbons (Fsp3) is 0.471. The second-order valence-electron chi connectivity index (χ2n) is 6.80. The van der Waals surface area contributed by atoms with Crippen LogP contribution in [0.4, 0.5) is 0 Å². The molecule has 4 nitrogen and oxygen atoms in total. The Balaban J connectivity index is 2.43. The summed E-state index contributed by atoms with van der Waals surface area (Å²) < 4.78 is 1.78. The Bertz CT molecular complexity index is 652. The van der Waals surface area contributed by atoms with Crippen LogP contribution in [0.3, 0.4) is 0 Å². The van der Waals surface area contributed by atoms with E-state index in [1.807, 2.05) is 12.1 Å². The molecular formula is C17H22N4. The predicted molar refractivity (Wildman–Crippen MR) is 83.3 cm³/mol. The van der Waals surface area contributed by atoms with Crippen molar-refractivity contribution >= 4 is 0 Å². The molecule has 4 heteroatoms. The van der Waals surface area contributed by atoms with Gasteiger partial charge in [0.2, 0.25) is 0 Å². The van der Waals surface area contributed by atoms with Crippen LogP contribution >= 0.6 is 0 Å². The molecule has 110 valence electrons. The van der Waals surface area contributed by atoms with Gasteiger partial charge in [-0.3, -0.25) is 0 Å². The van der Waals surface area contributed by atoms with Gasteiger partial charge in [-0.2, -0.15) is 5.26 Å². The molecule has 0 saturated heterocycles. The fourth-order valence-electron chi connectivity index (χ4n) is 2.27. The Morgan fingerprint density at radius 3 is 2.29 bits per heavy atom. The SMILES string of the molecule is CC(C)Cc1c(C#N)nnn1-c1ccc(C(C)(C)C)cc1. The summed E-state index contributed by atoms with van der Waals surface area (Å²) in [5.74, 6) is 0.447. The van der Waals surface area contributed by atoms with E-state index in [-0.39, 0.29) is 5.41 Å². The van der Waals surface area contributed by atoms with Crippen LogP contribution in [0, 0.1) is 17.2 Å². The number of hydrogen-bond acceptors (Lipinski definition) is 3. The van der Waals surface area contributed by atoms with Gasteiger partial charge in [0.1, 0.15) is 6.07 Å². The minimum atomic E-state index is 0.124. The quantitative estimate of drug-likeness (QED) is 0.863. The molecule has 1 aromatic heterocycles. The fourth-order valence-corrected chi connectivity index (χ4v) is 2.27. The average Bonchev–Trinajstić information content (AvgIpc) is 2.80. The third-order valence-corrected chi connectivity index (χ3v) is 3.45. The smallest absolute Gasteiger partial charge is 0.186 e. The number of rotatable bonds is 3. The van der Waals surface area contributed by atoms with Crippen LogP contribution in [0.15, 0.2) is 24.3 Å². The summed E-state index contributed by atoms with van der Waals surface area (Å²) in [5.41, 5.74) is 3.66. The van der Waals surface area contributed by atoms with Gasteiger partial charge in [0, 0.05) is 0 Å². The van der Waals surface area contributed by atoms with Crippen molar-refractivity contribution in [3.05, 3.63) is 41.2 Å². The van der Waals surface area contributed by atoms with Crippen LogP contribution < -0.4 is 0 Å². The van der Waals surface area contributed by atoms with E-state index < -0.39 is 0 Å². The monoisotopic (exact) mass is 282 g/mol. The van der Waals surface area contributed by atoms with Crippen molar-refractivity contribution in [3.8, 4) is 11.8 Å². The van der Waals surface area contributed by atoms with E-state index >= 15 is 0 Å². The molecular weight excluding hydrogens is 260 g/mol. The molecule has 2 aromatic rings. The molecule has 0 saturated carbocycles. The summed E-state index contributed by atoms with van der Waals surface area (Å²) in [4.78, 5) is 0. The van der Waals surface area contributed by atoms with E-state index in [9.17, 15) is 5.26 Å². The number of nitriles is 1. The highest BCUT2D eigenvalue weighted by Gasteiger charge is 2.17. The van der Waals surface area contributed by atoms with Crippen molar-refractivity contribution in [1.29, 1.82) is 5.26 Å². The van der Waals surface area contributed by atoms with E-state index in [2.05, 4.69) is 63.1 Å². The van der Waals surface area contributed by atoms with E-state index in [1.165, 1.54) is 5.56 Å². The third-order valence-electron chi connectivity index (χ3n) is 3.45. The zero-order valence-electron chi connectivity index (χ0n) is 13.4. The summed E-state index contributed by atoms with van der Waals surface area (Å²) in [6.07, 6.45) is 0.789. The zero-order valence-corrected chi connectivity index (χ0v) is 13.4. The summed E-state index contributed by atoms with van der Waals surface area (Å²) in [6.45, 7) is 10.8. The van der Waals surface area contributed by atoms with Crippen molar-refractivity contribution in [1.82, 2.24) is 15.0 Å². The molecule has 0 radical (unpaired) electrons. The molecule has 0 spiro atoms. The Morgan fingerprint density at radius 2 is 1.81 bits per heavy atom. The molecule has 0 N–H and O–H groups in total. The second-order valence-corrected chi connectivity index (χ2v) is 6.80. The van der Waals surface area contributed by atoms with Gasteiger partial charge in [0.25, 0.3) is 0 Å². The third kappa shape index (κ3) is 3.30. The predicted octanol–water partition coefficient (Wildman–Crippen LogP) is 3.63. The molecule has 0 bridgehead atoms. The van der Waals surface area contributed by atoms with E-state index in [0.29, 0.717) is 11.6 Å². The first-order chi connectivity index (χ1) is 9.82. The molecule has 0 atom stereocenters. The van der Waals surface area contributed by atoms with Gasteiger partial charge in [-0.25, -0.2) is 4.68 Å². The van der Waals surface area contributed by atoms with E-state index in [1.54, 1.807) is 4.68 Å². The molecule has 1 aromatic carbocycles. The van der Waals surface area contributed by atoms with Gasteiger partial charge < -0.3 is 0 Å². The molecule has 1 heterocycles. The van der Waals surface area contributed by atoms with Crippen molar-refractivity contribution in [2.45, 2.75) is 46.5 Å². The van der Waals surface area contributed by atoms with Crippen molar-refractivity contribution in [2.24, 2.45) is 5.92 Å². The first kappa shape index (κ1) is 15.2. The zero-order chi connectivity index (χ0) is 15.6. The molecule has 0 amide bonds. The lowest BCUT2D eigenvalue weighted by Crippen LogP contribution is -2.11. The van der Waals surface area contributed by atoms with Gasteiger partial charge in [0.05, 0.1) is 11.4 Å². The highest BCUT2D eigenvalue weighted by Crippen LogP contribution is 2.24. The van der Waals surface area contributed by atoms with Crippen molar-refractivity contribution in [2.75, 3.05) is 0 Å². The molecule has 21 heavy (non-hydrogen) atoms. The first-order valence-electron chi connectivity index (χ1n) is 7.28. The van der Waals surface area contributed by atoms with Gasteiger partial charge >= 0.3 is 0 Å². The summed E-state index contributed by atoms with van der Waals surface area (Å²) in [6, 6.07) is 10.4. The van der Waals surface area contributed by atoms with Crippen LogP contribution in [0.2, 0.25) is 0 Å². The van der Waals surface area contributed by atoms with Crippen molar-refractivity contribution < 1.29 is 0 Å². The van der Waals surface area contributed by atoms with Gasteiger partial charge in [-0.1, -0.05) is 52.0 Å². The summed E-state index contributed by atoms with van der Waals surface area (Å²) in [7, 11) is 0. The largest absolute Gasteiger partial charge is 0.216 e. The topological polar surface area (TPSA) is 54.5 Å². The van der Waals surface area contributed by atoms with Gasteiger partial charge in [-0.05, 0) is 35.4 Å².